The van der Waals surface area contributed by atoms with Gasteiger partial charge in [0.05, 0.1) is 5.92 Å². The van der Waals surface area contributed by atoms with Crippen molar-refractivity contribution < 1.29 is 4.74 Å². The Balaban J connectivity index is 1.01. The van der Waals surface area contributed by atoms with Crippen LogP contribution in [0.4, 0.5) is 0 Å². The van der Waals surface area contributed by atoms with E-state index in [4.69, 9.17) is 19.7 Å². The standard InChI is InChI=1S/C62H43N3O/c1-4-20-39(21-5-1)55-43-27-11-10-26-42(43)38-53(44-28-12-13-29-45(44)55)50-34-19-37-54-57(50)52-36-18-35-51(59(52)66-54)56-46-30-14-16-32-48(46)58(49-33-17-15-31-47(49)56)62-64-60(40-22-6-2-7-23-40)63-61(65-62)41-24-8-3-9-25-41/h1-24,26-37,41,50,57H,25,38H2. The van der Waals surface area contributed by atoms with Gasteiger partial charge in [-0.3, -0.25) is 0 Å². The molecule has 0 saturated heterocycles. The molecule has 0 saturated carbocycles. The number of allylic oxidation sites excluding steroid dienone is 8. The van der Waals surface area contributed by atoms with Crippen molar-refractivity contribution in [2.45, 2.75) is 24.7 Å². The van der Waals surface area contributed by atoms with Gasteiger partial charge in [0, 0.05) is 39.7 Å². The second kappa shape index (κ2) is 15.8. The molecule has 9 aromatic rings. The highest BCUT2D eigenvalue weighted by molar-refractivity contribution is 6.21. The van der Waals surface area contributed by atoms with Crippen molar-refractivity contribution >= 4 is 32.7 Å². The van der Waals surface area contributed by atoms with E-state index in [0.29, 0.717) is 11.6 Å². The molecule has 0 fully saturated rings. The fraction of sp³-hybridized carbons (Fsp3) is 0.0806. The average Bonchev–Trinajstić information content (AvgIpc) is 3.71. The number of ether oxygens (including phenoxy) is 1. The Hall–Kier alpha value is -8.21. The molecule has 3 aliphatic carbocycles. The molecule has 4 aliphatic rings. The van der Waals surface area contributed by atoms with Gasteiger partial charge in [0.1, 0.15) is 17.3 Å². The van der Waals surface area contributed by atoms with Crippen LogP contribution in [0.5, 0.6) is 5.75 Å². The van der Waals surface area contributed by atoms with E-state index in [1.54, 1.807) is 0 Å². The maximum Gasteiger partial charge on any atom is 0.164 e. The van der Waals surface area contributed by atoms with Crippen LogP contribution in [-0.2, 0) is 6.42 Å². The second-order valence-electron chi connectivity index (χ2n) is 17.6. The molecule has 3 atom stereocenters. The van der Waals surface area contributed by atoms with Crippen molar-refractivity contribution in [3.63, 3.8) is 0 Å². The summed E-state index contributed by atoms with van der Waals surface area (Å²) in [6.07, 6.45) is 17.1. The molecule has 13 rings (SSSR count). The number of aromatic nitrogens is 3. The molecule has 3 unspecified atom stereocenters. The summed E-state index contributed by atoms with van der Waals surface area (Å²) in [6.45, 7) is 0. The van der Waals surface area contributed by atoms with Gasteiger partial charge in [-0.15, -0.1) is 0 Å². The SMILES string of the molecule is C1=CCC(c2nc(-c3ccccc3)nc(-c3c4ccccc4c(-c4cccc5c4OC4=CC=CC(C6=c7ccccc7=C(c7ccccc7)c7ccccc7C6)C45)c4ccccc34)n2)C=C1. The van der Waals surface area contributed by atoms with Crippen molar-refractivity contribution in [2.24, 2.45) is 5.92 Å². The van der Waals surface area contributed by atoms with Crippen LogP contribution < -0.4 is 15.2 Å². The van der Waals surface area contributed by atoms with Crippen LogP contribution in [0.1, 0.15) is 46.3 Å². The van der Waals surface area contributed by atoms with E-state index in [-0.39, 0.29) is 17.8 Å². The molecule has 0 radical (unpaired) electrons. The molecule has 66 heavy (non-hydrogen) atoms. The first-order chi connectivity index (χ1) is 32.8. The van der Waals surface area contributed by atoms with Gasteiger partial charge in [-0.1, -0.05) is 212 Å². The van der Waals surface area contributed by atoms with E-state index >= 15 is 0 Å². The summed E-state index contributed by atoms with van der Waals surface area (Å²) in [5.74, 6) is 4.19. The molecule has 4 heteroatoms. The maximum absolute atomic E-state index is 7.20. The van der Waals surface area contributed by atoms with Crippen molar-refractivity contribution in [2.75, 3.05) is 0 Å². The summed E-state index contributed by atoms with van der Waals surface area (Å²) in [6, 6.07) is 63.4. The molecule has 2 heterocycles. The molecule has 0 N–H and O–H groups in total. The number of fused-ring (bicyclic) bond motifs is 7. The number of benzene rings is 8. The minimum absolute atomic E-state index is 0.0129. The lowest BCUT2D eigenvalue weighted by atomic mass is 9.75. The maximum atomic E-state index is 7.20. The Kier molecular flexibility index (Phi) is 9.16. The van der Waals surface area contributed by atoms with Gasteiger partial charge in [0.15, 0.2) is 11.6 Å². The molecule has 312 valence electrons. The molecule has 4 nitrogen and oxygen atoms in total. The zero-order valence-electron chi connectivity index (χ0n) is 36.2. The Labute approximate surface area is 383 Å². The van der Waals surface area contributed by atoms with Crippen molar-refractivity contribution in [3.8, 4) is 39.7 Å². The molecule has 0 bridgehead atoms. The number of rotatable bonds is 6. The monoisotopic (exact) mass is 845 g/mol. The van der Waals surface area contributed by atoms with Gasteiger partial charge in [-0.05, 0) is 78.7 Å². The third-order valence-electron chi connectivity index (χ3n) is 13.9. The third kappa shape index (κ3) is 6.24. The fourth-order valence-electron chi connectivity index (χ4n) is 11.0. The molecule has 1 aliphatic heterocycles. The first kappa shape index (κ1) is 38.3. The van der Waals surface area contributed by atoms with Crippen molar-refractivity contribution in [3.05, 3.63) is 263 Å². The molecular weight excluding hydrogens is 803 g/mol. The van der Waals surface area contributed by atoms with Gasteiger partial charge in [-0.2, -0.15) is 0 Å². The summed E-state index contributed by atoms with van der Waals surface area (Å²) in [5, 5.41) is 6.99. The van der Waals surface area contributed by atoms with Crippen LogP contribution >= 0.6 is 0 Å². The zero-order valence-corrected chi connectivity index (χ0v) is 36.2. The van der Waals surface area contributed by atoms with Crippen LogP contribution in [0.15, 0.2) is 224 Å². The highest BCUT2D eigenvalue weighted by atomic mass is 16.5. The highest BCUT2D eigenvalue weighted by Crippen LogP contribution is 2.55. The Morgan fingerprint density at radius 2 is 1.12 bits per heavy atom. The summed E-state index contributed by atoms with van der Waals surface area (Å²) < 4.78 is 7.20. The summed E-state index contributed by atoms with van der Waals surface area (Å²) in [4.78, 5) is 15.7. The lowest BCUT2D eigenvalue weighted by Crippen LogP contribution is -2.32. The second-order valence-corrected chi connectivity index (χ2v) is 17.6. The van der Waals surface area contributed by atoms with Crippen LogP contribution in [0, 0.1) is 5.92 Å². The highest BCUT2D eigenvalue weighted by Gasteiger charge is 2.40. The minimum Gasteiger partial charge on any atom is -0.460 e. The van der Waals surface area contributed by atoms with E-state index in [9.17, 15) is 0 Å². The van der Waals surface area contributed by atoms with Gasteiger partial charge in [0.2, 0.25) is 0 Å². The van der Waals surface area contributed by atoms with Gasteiger partial charge in [0.25, 0.3) is 0 Å². The first-order valence-electron chi connectivity index (χ1n) is 23.0. The van der Waals surface area contributed by atoms with E-state index in [1.807, 2.05) is 18.2 Å². The molecular formula is C62H43N3O. The normalized spacial score (nSPS) is 18.0. The number of hydrogen-bond donors (Lipinski definition) is 0. The van der Waals surface area contributed by atoms with Crippen LogP contribution in [0.25, 0.3) is 66.6 Å². The topological polar surface area (TPSA) is 47.9 Å². The molecule has 0 spiro atoms. The number of para-hydroxylation sites is 1. The third-order valence-corrected chi connectivity index (χ3v) is 13.9. The summed E-state index contributed by atoms with van der Waals surface area (Å²) >= 11 is 0. The van der Waals surface area contributed by atoms with Gasteiger partial charge >= 0.3 is 0 Å². The quantitative estimate of drug-likeness (QED) is 0.156. The van der Waals surface area contributed by atoms with E-state index in [0.717, 1.165) is 74.0 Å². The van der Waals surface area contributed by atoms with Crippen molar-refractivity contribution in [1.29, 1.82) is 0 Å². The lowest BCUT2D eigenvalue weighted by molar-refractivity contribution is 0.414. The Bertz CT molecular complexity index is 3640. The Morgan fingerprint density at radius 1 is 0.485 bits per heavy atom. The van der Waals surface area contributed by atoms with Crippen LogP contribution in [-0.4, -0.2) is 15.0 Å². The zero-order chi connectivity index (χ0) is 43.6. The Morgan fingerprint density at radius 3 is 1.86 bits per heavy atom. The predicted molar refractivity (Wildman–Crippen MR) is 268 cm³/mol. The molecule has 0 amide bonds. The van der Waals surface area contributed by atoms with E-state index < -0.39 is 0 Å². The molecule has 8 aromatic carbocycles. The smallest absolute Gasteiger partial charge is 0.164 e. The van der Waals surface area contributed by atoms with Gasteiger partial charge in [-0.25, -0.2) is 15.0 Å². The largest absolute Gasteiger partial charge is 0.460 e. The number of nitrogens with zero attached hydrogens (tertiary/aromatic N) is 3. The predicted octanol–water partition coefficient (Wildman–Crippen LogP) is 13.0. The van der Waals surface area contributed by atoms with Crippen LogP contribution in [0.2, 0.25) is 0 Å². The number of hydrogen-bond acceptors (Lipinski definition) is 4. The fourth-order valence-corrected chi connectivity index (χ4v) is 11.0. The summed E-state index contributed by atoms with van der Waals surface area (Å²) in [5.41, 5.74) is 12.0. The molecule has 1 aromatic heterocycles. The summed E-state index contributed by atoms with van der Waals surface area (Å²) in [7, 11) is 0. The van der Waals surface area contributed by atoms with Crippen LogP contribution in [0.3, 0.4) is 0 Å². The first-order valence-corrected chi connectivity index (χ1v) is 23.0. The average molecular weight is 846 g/mol. The van der Waals surface area contributed by atoms with Gasteiger partial charge < -0.3 is 4.74 Å². The van der Waals surface area contributed by atoms with E-state index in [1.165, 1.54) is 43.8 Å². The lowest BCUT2D eigenvalue weighted by Gasteiger charge is -2.26. The van der Waals surface area contributed by atoms with E-state index in [2.05, 4.69) is 200 Å². The van der Waals surface area contributed by atoms with Crippen molar-refractivity contribution in [1.82, 2.24) is 15.0 Å². The minimum atomic E-state index is 0.0129.